The van der Waals surface area contributed by atoms with Crippen molar-refractivity contribution in [2.24, 2.45) is 0 Å². The number of carbonyl (C=O) groups excluding carboxylic acids is 2. The van der Waals surface area contributed by atoms with Crippen LogP contribution in [-0.4, -0.2) is 46.0 Å². The molecule has 2 amide bonds. The summed E-state index contributed by atoms with van der Waals surface area (Å²) in [6.07, 6.45) is 4.31. The van der Waals surface area contributed by atoms with E-state index < -0.39 is 17.4 Å². The first-order valence-electron chi connectivity index (χ1n) is 17.8. The van der Waals surface area contributed by atoms with Crippen molar-refractivity contribution in [3.63, 3.8) is 0 Å². The highest BCUT2D eigenvalue weighted by Crippen LogP contribution is 2.41. The molecule has 0 aliphatic carbocycles. The van der Waals surface area contributed by atoms with Gasteiger partial charge < -0.3 is 19.0 Å². The number of hydrogen-bond acceptors (Lipinski definition) is 4. The second kappa shape index (κ2) is 15.2. The van der Waals surface area contributed by atoms with Gasteiger partial charge in [0.2, 0.25) is 0 Å². The Morgan fingerprint density at radius 3 is 1.83 bits per heavy atom. The Morgan fingerprint density at radius 1 is 0.660 bits per heavy atom. The fraction of sp³-hybridized carbons (Fsp3) is 0.156. The minimum absolute atomic E-state index is 0.208. The van der Waals surface area contributed by atoms with Crippen molar-refractivity contribution < 1.29 is 19.1 Å². The Labute approximate surface area is 316 Å². The summed E-state index contributed by atoms with van der Waals surface area (Å²) in [6, 6.07) is 46.8. The number of fused-ring (bicyclic) bond motifs is 2. The number of rotatable bonds is 14. The number of carbonyl (C=O) groups is 2. The number of nitrogens with one attached hydrogen (secondary N) is 2. The number of alkyl halides is 1. The fourth-order valence-electron chi connectivity index (χ4n) is 7.52. The molecule has 2 N–H and O–H groups in total. The van der Waals surface area contributed by atoms with E-state index in [1.165, 1.54) is 0 Å². The zero-order chi connectivity index (χ0) is 36.2. The molecule has 0 saturated carbocycles. The van der Waals surface area contributed by atoms with E-state index in [4.69, 9.17) is 9.47 Å². The van der Waals surface area contributed by atoms with Gasteiger partial charge in [0.1, 0.15) is 5.60 Å². The smallest absolute Gasteiger partial charge is 0.259 e. The molecule has 2 aromatic heterocycles. The van der Waals surface area contributed by atoms with Gasteiger partial charge in [-0.1, -0.05) is 143 Å². The highest BCUT2D eigenvalue weighted by Gasteiger charge is 2.38. The molecule has 1 unspecified atom stereocenters. The van der Waals surface area contributed by atoms with Crippen molar-refractivity contribution >= 4 is 60.7 Å². The molecular formula is C45H38BrN3O4. The molecular weight excluding hydrogens is 726 g/mol. The minimum atomic E-state index is -0.848. The lowest BCUT2D eigenvalue weighted by molar-refractivity contribution is -0.122. The second-order valence-electron chi connectivity index (χ2n) is 13.1. The van der Waals surface area contributed by atoms with Crippen molar-refractivity contribution in [2.75, 3.05) is 18.5 Å². The van der Waals surface area contributed by atoms with Crippen LogP contribution in [0.5, 0.6) is 0 Å². The van der Waals surface area contributed by atoms with Crippen LogP contribution in [0.1, 0.15) is 34.2 Å². The van der Waals surface area contributed by atoms with Gasteiger partial charge in [-0.3, -0.25) is 14.9 Å². The van der Waals surface area contributed by atoms with Crippen LogP contribution in [0.3, 0.4) is 0 Å². The maximum Gasteiger partial charge on any atom is 0.259 e. The third-order valence-electron chi connectivity index (χ3n) is 9.99. The number of hydrogen-bond donors (Lipinski definition) is 2. The molecule has 0 spiro atoms. The van der Waals surface area contributed by atoms with E-state index in [9.17, 15) is 9.59 Å². The van der Waals surface area contributed by atoms with E-state index in [0.717, 1.165) is 50.2 Å². The Morgan fingerprint density at radius 2 is 1.21 bits per heavy atom. The fourth-order valence-corrected chi connectivity index (χ4v) is 8.03. The van der Waals surface area contributed by atoms with E-state index >= 15 is 0 Å². The zero-order valence-corrected chi connectivity index (χ0v) is 30.6. The summed E-state index contributed by atoms with van der Waals surface area (Å²) < 4.78 is 15.8. The molecule has 264 valence electrons. The molecule has 1 aliphatic rings. The number of para-hydroxylation sites is 2. The van der Waals surface area contributed by atoms with Crippen molar-refractivity contribution in [3.8, 4) is 0 Å². The van der Waals surface area contributed by atoms with Gasteiger partial charge in [0.15, 0.2) is 0 Å². The average Bonchev–Trinajstić information content (AvgIpc) is 3.88. The third-order valence-corrected chi connectivity index (χ3v) is 10.4. The molecule has 53 heavy (non-hydrogen) atoms. The normalized spacial score (nSPS) is 14.0. The van der Waals surface area contributed by atoms with Crippen molar-refractivity contribution in [3.05, 3.63) is 180 Å². The van der Waals surface area contributed by atoms with E-state index in [0.29, 0.717) is 42.0 Å². The number of aromatic amines is 1. The quantitative estimate of drug-likeness (QED) is 0.0659. The Kier molecular flexibility index (Phi) is 9.91. The average molecular weight is 765 g/mol. The number of H-pyrrole nitrogens is 1. The van der Waals surface area contributed by atoms with Gasteiger partial charge in [-0.15, -0.1) is 0 Å². The molecule has 1 aliphatic heterocycles. The van der Waals surface area contributed by atoms with Crippen LogP contribution in [0.25, 0.3) is 33.0 Å². The number of aromatic nitrogens is 2. The maximum absolute atomic E-state index is 13.5. The maximum atomic E-state index is 13.5. The minimum Gasteiger partial charge on any atom is -0.374 e. The van der Waals surface area contributed by atoms with E-state index in [2.05, 4.69) is 67.2 Å². The van der Waals surface area contributed by atoms with Gasteiger partial charge in [0.25, 0.3) is 11.8 Å². The summed E-state index contributed by atoms with van der Waals surface area (Å²) in [5.74, 6) is -0.798. The standard InChI is InChI=1S/C45H38BrN3O4/c46-25-24-34(30-53-45(31-14-4-1-5-15-31,32-16-6-2-7-17-32)33-18-8-3-9-19-33)52-27-26-49-29-38(36-21-11-13-23-40(36)49)42-41(43(50)48-44(42)51)37-28-47-39-22-12-10-20-35(37)39/h1-23,28-29,34,47H,24-27,30H2,(H,48,50,51). The summed E-state index contributed by atoms with van der Waals surface area (Å²) >= 11 is 3.65. The van der Waals surface area contributed by atoms with E-state index in [1.807, 2.05) is 109 Å². The first-order chi connectivity index (χ1) is 26.1. The lowest BCUT2D eigenvalue weighted by Crippen LogP contribution is -2.36. The van der Waals surface area contributed by atoms with Crippen LogP contribution in [-0.2, 0) is 31.2 Å². The first kappa shape index (κ1) is 34.5. The molecule has 7 nitrogen and oxygen atoms in total. The Bertz CT molecular complexity index is 2320. The summed E-state index contributed by atoms with van der Waals surface area (Å²) in [5.41, 5.74) is 6.28. The van der Waals surface area contributed by atoms with Gasteiger partial charge in [0.05, 0.1) is 30.5 Å². The molecule has 0 bridgehead atoms. The molecule has 3 heterocycles. The summed E-state index contributed by atoms with van der Waals surface area (Å²) in [5, 5.41) is 5.09. The number of imide groups is 1. The number of nitrogens with zero attached hydrogens (tertiary/aromatic N) is 1. The number of amides is 2. The number of halogens is 1. The topological polar surface area (TPSA) is 85.3 Å². The van der Waals surface area contributed by atoms with Crippen molar-refractivity contribution in [1.82, 2.24) is 14.9 Å². The number of benzene rings is 5. The molecule has 0 saturated heterocycles. The number of ether oxygens (including phenoxy) is 2. The summed E-state index contributed by atoms with van der Waals surface area (Å²) in [4.78, 5) is 30.0. The Hall–Kier alpha value is -5.54. The van der Waals surface area contributed by atoms with Crippen LogP contribution < -0.4 is 5.32 Å². The molecule has 7 aromatic rings. The highest BCUT2D eigenvalue weighted by atomic mass is 79.9. The van der Waals surface area contributed by atoms with Gasteiger partial charge in [-0.2, -0.15) is 0 Å². The lowest BCUT2D eigenvalue weighted by Gasteiger charge is -2.37. The van der Waals surface area contributed by atoms with Crippen LogP contribution in [0.4, 0.5) is 0 Å². The predicted octanol–water partition coefficient (Wildman–Crippen LogP) is 8.87. The Balaban J connectivity index is 1.08. The largest absolute Gasteiger partial charge is 0.374 e. The monoisotopic (exact) mass is 763 g/mol. The SMILES string of the molecule is O=C1NC(=O)C(c2cn(CCOC(CCBr)COC(c3ccccc3)(c3ccccc3)c3ccccc3)c3ccccc23)=C1c1c[nH]c2ccccc12. The van der Waals surface area contributed by atoms with E-state index in [1.54, 1.807) is 6.20 Å². The third kappa shape index (κ3) is 6.54. The molecule has 5 aromatic carbocycles. The molecule has 0 fully saturated rings. The molecule has 8 heteroatoms. The van der Waals surface area contributed by atoms with Gasteiger partial charge in [-0.05, 0) is 35.2 Å². The van der Waals surface area contributed by atoms with Crippen LogP contribution in [0, 0.1) is 0 Å². The summed E-state index contributed by atoms with van der Waals surface area (Å²) in [7, 11) is 0. The predicted molar refractivity (Wildman–Crippen MR) is 214 cm³/mol. The molecule has 8 rings (SSSR count). The zero-order valence-electron chi connectivity index (χ0n) is 29.0. The van der Waals surface area contributed by atoms with Gasteiger partial charge in [0, 0.05) is 57.2 Å². The van der Waals surface area contributed by atoms with Crippen LogP contribution in [0.2, 0.25) is 0 Å². The van der Waals surface area contributed by atoms with Crippen LogP contribution >= 0.6 is 15.9 Å². The molecule has 1 atom stereocenters. The van der Waals surface area contributed by atoms with Crippen molar-refractivity contribution in [2.45, 2.75) is 24.7 Å². The van der Waals surface area contributed by atoms with Crippen molar-refractivity contribution in [1.29, 1.82) is 0 Å². The first-order valence-corrected chi connectivity index (χ1v) is 18.9. The summed E-state index contributed by atoms with van der Waals surface area (Å²) in [6.45, 7) is 1.30. The molecule has 0 radical (unpaired) electrons. The van der Waals surface area contributed by atoms with Gasteiger partial charge >= 0.3 is 0 Å². The van der Waals surface area contributed by atoms with E-state index in [-0.39, 0.29) is 6.10 Å². The lowest BCUT2D eigenvalue weighted by atomic mass is 9.80. The highest BCUT2D eigenvalue weighted by molar-refractivity contribution is 9.09. The second-order valence-corrected chi connectivity index (χ2v) is 13.9. The van der Waals surface area contributed by atoms with Gasteiger partial charge in [-0.25, -0.2) is 0 Å². The van der Waals surface area contributed by atoms with Crippen LogP contribution in [0.15, 0.2) is 152 Å².